The smallest absolute Gasteiger partial charge is 0.223 e. The van der Waals surface area contributed by atoms with Crippen molar-refractivity contribution in [3.05, 3.63) is 59.1 Å². The molecule has 2 aromatic carbocycles. The summed E-state index contributed by atoms with van der Waals surface area (Å²) in [5, 5.41) is 0. The van der Waals surface area contributed by atoms with Gasteiger partial charge in [0.1, 0.15) is 0 Å². The third-order valence-corrected chi connectivity index (χ3v) is 9.31. The molecule has 5 rings (SSSR count). The van der Waals surface area contributed by atoms with Crippen LogP contribution in [-0.2, 0) is 21.2 Å². The predicted octanol–water partition coefficient (Wildman–Crippen LogP) is 4.28. The number of carbonyl (C=O) groups excluding carboxylic acids is 1. The molecule has 2 aliphatic rings. The molecule has 8 heteroatoms. The molecular weight excluding hydrogens is 454 g/mol. The molecule has 3 aromatic rings. The molecule has 1 amide bonds. The van der Waals surface area contributed by atoms with E-state index in [4.69, 9.17) is 0 Å². The van der Waals surface area contributed by atoms with Gasteiger partial charge in [-0.05, 0) is 73.7 Å². The van der Waals surface area contributed by atoms with Gasteiger partial charge in [-0.2, -0.15) is 0 Å². The second-order valence-electron chi connectivity index (χ2n) is 9.63. The maximum absolute atomic E-state index is 12.8. The summed E-state index contributed by atoms with van der Waals surface area (Å²) >= 11 is 1.67. The minimum absolute atomic E-state index is 0.0544. The zero-order valence-electron chi connectivity index (χ0n) is 19.0. The van der Waals surface area contributed by atoms with E-state index < -0.39 is 9.84 Å². The van der Waals surface area contributed by atoms with E-state index in [-0.39, 0.29) is 11.3 Å². The van der Waals surface area contributed by atoms with E-state index in [9.17, 15) is 13.2 Å². The Morgan fingerprint density at radius 3 is 2.55 bits per heavy atom. The van der Waals surface area contributed by atoms with Crippen LogP contribution >= 0.6 is 11.3 Å². The standard InChI is InChI=1S/C25H29N3O3S2/c1-18(20-5-8-23-22(13-20)26-17-32-23)27-11-9-25(10-12-27)14-24(29)28(16-25)15-19-3-6-21(7-4-19)33(2,30)31/h3-8,13,17-18H,9-12,14-16H2,1-2H3/t18-/m1/s1. The molecule has 0 bridgehead atoms. The van der Waals surface area contributed by atoms with Crippen molar-refractivity contribution in [3.8, 4) is 0 Å². The van der Waals surface area contributed by atoms with Gasteiger partial charge in [0.25, 0.3) is 0 Å². The van der Waals surface area contributed by atoms with Crippen molar-refractivity contribution in [2.45, 2.75) is 43.7 Å². The van der Waals surface area contributed by atoms with Crippen molar-refractivity contribution in [2.24, 2.45) is 5.41 Å². The van der Waals surface area contributed by atoms with E-state index in [1.165, 1.54) is 16.5 Å². The molecule has 174 valence electrons. The Kier molecular flexibility index (Phi) is 5.79. The first-order valence-corrected chi connectivity index (χ1v) is 14.1. The number of rotatable bonds is 5. The van der Waals surface area contributed by atoms with Crippen LogP contribution in [0, 0.1) is 5.41 Å². The summed E-state index contributed by atoms with van der Waals surface area (Å²) in [5.74, 6) is 0.206. The summed E-state index contributed by atoms with van der Waals surface area (Å²) < 4.78 is 24.6. The van der Waals surface area contributed by atoms with E-state index in [2.05, 4.69) is 35.0 Å². The van der Waals surface area contributed by atoms with Crippen LogP contribution in [0.25, 0.3) is 10.2 Å². The molecule has 33 heavy (non-hydrogen) atoms. The number of benzene rings is 2. The Morgan fingerprint density at radius 2 is 1.85 bits per heavy atom. The zero-order valence-corrected chi connectivity index (χ0v) is 20.7. The predicted molar refractivity (Wildman–Crippen MR) is 131 cm³/mol. The zero-order chi connectivity index (χ0) is 23.2. The number of aromatic nitrogens is 1. The molecule has 2 aliphatic heterocycles. The van der Waals surface area contributed by atoms with Gasteiger partial charge in [-0.1, -0.05) is 18.2 Å². The lowest BCUT2D eigenvalue weighted by Gasteiger charge is -2.41. The first-order valence-electron chi connectivity index (χ1n) is 11.4. The summed E-state index contributed by atoms with van der Waals surface area (Å²) in [4.78, 5) is 22.1. The topological polar surface area (TPSA) is 70.6 Å². The van der Waals surface area contributed by atoms with E-state index in [0.29, 0.717) is 23.9 Å². The molecule has 0 N–H and O–H groups in total. The number of hydrogen-bond acceptors (Lipinski definition) is 6. The average Bonchev–Trinajstić information content (AvgIpc) is 3.37. The van der Waals surface area contributed by atoms with Gasteiger partial charge in [-0.3, -0.25) is 9.69 Å². The summed E-state index contributed by atoms with van der Waals surface area (Å²) in [6, 6.07) is 13.8. The van der Waals surface area contributed by atoms with Crippen molar-refractivity contribution in [1.29, 1.82) is 0 Å². The first kappa shape index (κ1) is 22.5. The number of sulfone groups is 1. The molecule has 1 atom stereocenters. The third kappa shape index (κ3) is 4.56. The fourth-order valence-corrected chi connectivity index (χ4v) is 6.54. The van der Waals surface area contributed by atoms with Crippen LogP contribution in [0.4, 0.5) is 0 Å². The number of nitrogens with zero attached hydrogens (tertiary/aromatic N) is 3. The molecule has 0 aliphatic carbocycles. The molecule has 0 radical (unpaired) electrons. The van der Waals surface area contributed by atoms with Crippen LogP contribution in [0.1, 0.15) is 43.4 Å². The molecule has 0 unspecified atom stereocenters. The van der Waals surface area contributed by atoms with Crippen LogP contribution in [0.3, 0.4) is 0 Å². The summed E-state index contributed by atoms with van der Waals surface area (Å²) in [6.07, 6.45) is 3.86. The van der Waals surface area contributed by atoms with E-state index in [0.717, 1.165) is 43.6 Å². The number of piperidine rings is 1. The molecule has 3 heterocycles. The number of thiazole rings is 1. The largest absolute Gasteiger partial charge is 0.338 e. The van der Waals surface area contributed by atoms with Crippen LogP contribution < -0.4 is 0 Å². The molecule has 2 fully saturated rings. The summed E-state index contributed by atoms with van der Waals surface area (Å²) in [6.45, 7) is 5.56. The second kappa shape index (κ2) is 8.49. The minimum atomic E-state index is -3.21. The van der Waals surface area contributed by atoms with Gasteiger partial charge in [0, 0.05) is 31.8 Å². The van der Waals surface area contributed by atoms with E-state index in [1.807, 2.05) is 22.5 Å². The molecule has 2 saturated heterocycles. The maximum atomic E-state index is 12.8. The number of hydrogen-bond donors (Lipinski definition) is 0. The van der Waals surface area contributed by atoms with Gasteiger partial charge < -0.3 is 4.90 Å². The van der Waals surface area contributed by atoms with Gasteiger partial charge in [-0.25, -0.2) is 13.4 Å². The van der Waals surface area contributed by atoms with Crippen molar-refractivity contribution in [3.63, 3.8) is 0 Å². The molecule has 0 saturated carbocycles. The number of likely N-dealkylation sites (tertiary alicyclic amines) is 2. The highest BCUT2D eigenvalue weighted by Gasteiger charge is 2.45. The fourth-order valence-electron chi connectivity index (χ4n) is 5.25. The second-order valence-corrected chi connectivity index (χ2v) is 12.5. The van der Waals surface area contributed by atoms with Gasteiger partial charge in [-0.15, -0.1) is 11.3 Å². The lowest BCUT2D eigenvalue weighted by molar-refractivity contribution is -0.128. The highest BCUT2D eigenvalue weighted by molar-refractivity contribution is 7.90. The van der Waals surface area contributed by atoms with Crippen molar-refractivity contribution >= 4 is 37.3 Å². The maximum Gasteiger partial charge on any atom is 0.223 e. The van der Waals surface area contributed by atoms with E-state index in [1.54, 1.807) is 23.5 Å². The lowest BCUT2D eigenvalue weighted by atomic mass is 9.77. The van der Waals surface area contributed by atoms with Crippen molar-refractivity contribution < 1.29 is 13.2 Å². The third-order valence-electron chi connectivity index (χ3n) is 7.37. The van der Waals surface area contributed by atoms with Gasteiger partial charge in [0.05, 0.1) is 20.6 Å². The molecule has 1 aromatic heterocycles. The Balaban J connectivity index is 1.21. The van der Waals surface area contributed by atoms with Crippen LogP contribution in [0.15, 0.2) is 52.9 Å². The van der Waals surface area contributed by atoms with Crippen molar-refractivity contribution in [2.75, 3.05) is 25.9 Å². The van der Waals surface area contributed by atoms with Crippen LogP contribution in [0.2, 0.25) is 0 Å². The Hall–Kier alpha value is -2.29. The Bertz CT molecular complexity index is 1280. The quantitative estimate of drug-likeness (QED) is 0.542. The number of amides is 1. The van der Waals surface area contributed by atoms with E-state index >= 15 is 0 Å². The van der Waals surface area contributed by atoms with Gasteiger partial charge >= 0.3 is 0 Å². The first-order chi connectivity index (χ1) is 15.7. The SMILES string of the molecule is C[C@H](c1ccc2scnc2c1)N1CCC2(CC1)CC(=O)N(Cc1ccc(S(C)(=O)=O)cc1)C2. The fraction of sp³-hybridized carbons (Fsp3) is 0.440. The Morgan fingerprint density at radius 1 is 1.12 bits per heavy atom. The van der Waals surface area contributed by atoms with Gasteiger partial charge in [0.15, 0.2) is 9.84 Å². The van der Waals surface area contributed by atoms with Crippen molar-refractivity contribution in [1.82, 2.24) is 14.8 Å². The monoisotopic (exact) mass is 483 g/mol. The molecule has 6 nitrogen and oxygen atoms in total. The lowest BCUT2D eigenvalue weighted by Crippen LogP contribution is -2.42. The summed E-state index contributed by atoms with van der Waals surface area (Å²) in [5.41, 5.74) is 5.28. The van der Waals surface area contributed by atoms with Crippen LogP contribution in [-0.4, -0.2) is 55.0 Å². The molecule has 1 spiro atoms. The van der Waals surface area contributed by atoms with Crippen LogP contribution in [0.5, 0.6) is 0 Å². The average molecular weight is 484 g/mol. The number of fused-ring (bicyclic) bond motifs is 1. The molecular formula is C25H29N3O3S2. The normalized spacial score (nSPS) is 20.1. The van der Waals surface area contributed by atoms with Gasteiger partial charge in [0.2, 0.25) is 5.91 Å². The highest BCUT2D eigenvalue weighted by Crippen LogP contribution is 2.43. The summed E-state index contributed by atoms with van der Waals surface area (Å²) in [7, 11) is -3.21. The number of carbonyl (C=O) groups is 1. The Labute approximate surface area is 199 Å². The minimum Gasteiger partial charge on any atom is -0.338 e. The highest BCUT2D eigenvalue weighted by atomic mass is 32.2.